The summed E-state index contributed by atoms with van der Waals surface area (Å²) >= 11 is 1.54. The third-order valence-electron chi connectivity index (χ3n) is 4.58. The van der Waals surface area contributed by atoms with Gasteiger partial charge >= 0.3 is 0 Å². The quantitative estimate of drug-likeness (QED) is 0.899. The van der Waals surface area contributed by atoms with Crippen molar-refractivity contribution in [1.29, 1.82) is 0 Å². The van der Waals surface area contributed by atoms with Gasteiger partial charge in [0.15, 0.2) is 0 Å². The minimum atomic E-state index is -0.257. The number of anilines is 1. The van der Waals surface area contributed by atoms with E-state index in [9.17, 15) is 4.79 Å². The summed E-state index contributed by atoms with van der Waals surface area (Å²) in [5.41, 5.74) is 1.61. The summed E-state index contributed by atoms with van der Waals surface area (Å²) in [5, 5.41) is 11.9. The topological polar surface area (TPSA) is 67.4 Å². The minimum absolute atomic E-state index is 0.0842. The van der Waals surface area contributed by atoms with Crippen molar-refractivity contribution in [3.8, 4) is 0 Å². The van der Waals surface area contributed by atoms with Crippen molar-refractivity contribution in [3.63, 3.8) is 0 Å². The molecular formula is C13H18N4O2S. The van der Waals surface area contributed by atoms with Gasteiger partial charge in [0.1, 0.15) is 17.2 Å². The average Bonchev–Trinajstić information content (AvgIpc) is 2.99. The van der Waals surface area contributed by atoms with Crippen LogP contribution >= 0.6 is 11.3 Å². The first-order chi connectivity index (χ1) is 9.74. The molecule has 0 aromatic carbocycles. The fourth-order valence-corrected chi connectivity index (χ4v) is 3.73. The molecule has 1 amide bonds. The molecule has 0 bridgehead atoms. The van der Waals surface area contributed by atoms with Crippen LogP contribution in [0.1, 0.15) is 32.1 Å². The zero-order chi connectivity index (χ0) is 13.6. The third-order valence-corrected chi connectivity index (χ3v) is 5.33. The van der Waals surface area contributed by atoms with Crippen molar-refractivity contribution in [3.05, 3.63) is 5.51 Å². The summed E-state index contributed by atoms with van der Waals surface area (Å²) in [7, 11) is 0. The number of carbonyl (C=O) groups excluding carboxylic acids is 1. The van der Waals surface area contributed by atoms with Gasteiger partial charge in [-0.15, -0.1) is 10.2 Å². The molecule has 108 valence electrons. The molecule has 7 heteroatoms. The van der Waals surface area contributed by atoms with Gasteiger partial charge in [-0.3, -0.25) is 4.79 Å². The van der Waals surface area contributed by atoms with Gasteiger partial charge in [0.05, 0.1) is 13.1 Å². The zero-order valence-corrected chi connectivity index (χ0v) is 12.1. The number of hydrogen-bond donors (Lipinski definition) is 1. The third kappa shape index (κ3) is 2.09. The van der Waals surface area contributed by atoms with Crippen LogP contribution in [0.2, 0.25) is 0 Å². The second-order valence-corrected chi connectivity index (χ2v) is 6.85. The van der Waals surface area contributed by atoms with E-state index in [2.05, 4.69) is 20.4 Å². The number of amides is 1. The Kier molecular flexibility index (Phi) is 2.92. The average molecular weight is 294 g/mol. The molecule has 1 N–H and O–H groups in total. The van der Waals surface area contributed by atoms with Gasteiger partial charge in [-0.05, 0) is 32.1 Å². The van der Waals surface area contributed by atoms with Gasteiger partial charge < -0.3 is 15.0 Å². The molecule has 3 heterocycles. The first-order valence-electron chi connectivity index (χ1n) is 7.23. The Balaban J connectivity index is 1.31. The van der Waals surface area contributed by atoms with Crippen LogP contribution in [0, 0.1) is 0 Å². The highest BCUT2D eigenvalue weighted by molar-refractivity contribution is 7.13. The van der Waals surface area contributed by atoms with E-state index < -0.39 is 0 Å². The summed E-state index contributed by atoms with van der Waals surface area (Å²) < 4.78 is 6.05. The van der Waals surface area contributed by atoms with Gasteiger partial charge in [0.2, 0.25) is 11.0 Å². The van der Waals surface area contributed by atoms with Gasteiger partial charge in [0.25, 0.3) is 0 Å². The number of hydrogen-bond acceptors (Lipinski definition) is 6. The smallest absolute Gasteiger partial charge is 0.249 e. The highest BCUT2D eigenvalue weighted by Gasteiger charge is 2.52. The number of ether oxygens (including phenoxy) is 1. The fraction of sp³-hybridized carbons (Fsp3) is 0.769. The van der Waals surface area contributed by atoms with Crippen molar-refractivity contribution >= 4 is 22.4 Å². The van der Waals surface area contributed by atoms with Crippen LogP contribution in [-0.4, -0.2) is 46.9 Å². The Morgan fingerprint density at radius 3 is 2.95 bits per heavy atom. The van der Waals surface area contributed by atoms with Crippen molar-refractivity contribution in [2.75, 3.05) is 18.0 Å². The van der Waals surface area contributed by atoms with Crippen LogP contribution < -0.4 is 10.2 Å². The molecule has 1 aliphatic carbocycles. The van der Waals surface area contributed by atoms with E-state index in [4.69, 9.17) is 4.74 Å². The monoisotopic (exact) mass is 294 g/mol. The Morgan fingerprint density at radius 2 is 2.30 bits per heavy atom. The molecule has 1 aromatic heterocycles. The van der Waals surface area contributed by atoms with Crippen LogP contribution in [0.25, 0.3) is 0 Å². The molecule has 3 aliphatic rings. The molecule has 1 spiro atoms. The molecule has 1 aromatic rings. The van der Waals surface area contributed by atoms with Crippen molar-refractivity contribution in [2.24, 2.45) is 0 Å². The largest absolute Gasteiger partial charge is 0.358 e. The van der Waals surface area contributed by atoms with E-state index >= 15 is 0 Å². The number of nitrogens with zero attached hydrogens (tertiary/aromatic N) is 3. The lowest BCUT2D eigenvalue weighted by Crippen LogP contribution is -2.62. The Bertz CT molecular complexity index is 496. The van der Waals surface area contributed by atoms with E-state index in [0.717, 1.165) is 43.9 Å². The van der Waals surface area contributed by atoms with Gasteiger partial charge in [-0.25, -0.2) is 0 Å². The Labute approximate surface area is 121 Å². The highest BCUT2D eigenvalue weighted by atomic mass is 32.1. The van der Waals surface area contributed by atoms with E-state index in [1.54, 1.807) is 16.8 Å². The number of carbonyl (C=O) groups is 1. The molecule has 1 saturated carbocycles. The summed E-state index contributed by atoms with van der Waals surface area (Å²) in [5.74, 6) is 0.0842. The lowest BCUT2D eigenvalue weighted by molar-refractivity contribution is -0.140. The van der Waals surface area contributed by atoms with Gasteiger partial charge in [0, 0.05) is 6.04 Å². The summed E-state index contributed by atoms with van der Waals surface area (Å²) in [6.45, 7) is 1.66. The summed E-state index contributed by atoms with van der Waals surface area (Å²) in [6, 6.07) is 0.391. The maximum absolute atomic E-state index is 12.1. The van der Waals surface area contributed by atoms with Gasteiger partial charge in [-0.1, -0.05) is 11.3 Å². The zero-order valence-electron chi connectivity index (χ0n) is 11.2. The van der Waals surface area contributed by atoms with E-state index in [-0.39, 0.29) is 17.6 Å². The van der Waals surface area contributed by atoms with Crippen molar-refractivity contribution < 1.29 is 9.53 Å². The number of aromatic nitrogens is 2. The molecule has 3 fully saturated rings. The second-order valence-electron chi connectivity index (χ2n) is 6.04. The predicted octanol–water partition coefficient (Wildman–Crippen LogP) is 0.945. The maximum Gasteiger partial charge on any atom is 0.249 e. The van der Waals surface area contributed by atoms with Gasteiger partial charge in [-0.2, -0.15) is 0 Å². The Hall–Kier alpha value is -1.21. The van der Waals surface area contributed by atoms with Crippen LogP contribution in [0.15, 0.2) is 5.51 Å². The Morgan fingerprint density at radius 1 is 1.45 bits per heavy atom. The predicted molar refractivity (Wildman–Crippen MR) is 74.7 cm³/mol. The van der Waals surface area contributed by atoms with Crippen molar-refractivity contribution in [2.45, 2.75) is 49.9 Å². The molecule has 6 nitrogen and oxygen atoms in total. The standard InChI is InChI=1S/C13H18N4O2S/c18-11(15-9-2-1-3-9)10-4-5-13(19-10)6-17(7-13)12-16-14-8-20-12/h8-10H,1-7H2,(H,15,18). The number of rotatable bonds is 3. The molecule has 4 rings (SSSR count). The molecule has 20 heavy (non-hydrogen) atoms. The normalized spacial score (nSPS) is 28.2. The highest BCUT2D eigenvalue weighted by Crippen LogP contribution is 2.40. The molecule has 2 aliphatic heterocycles. The lowest BCUT2D eigenvalue weighted by atomic mass is 9.91. The van der Waals surface area contributed by atoms with Crippen LogP contribution in [0.3, 0.4) is 0 Å². The van der Waals surface area contributed by atoms with Crippen LogP contribution in [-0.2, 0) is 9.53 Å². The maximum atomic E-state index is 12.1. The van der Waals surface area contributed by atoms with Crippen LogP contribution in [0.5, 0.6) is 0 Å². The molecule has 1 atom stereocenters. The van der Waals surface area contributed by atoms with Crippen LogP contribution in [0.4, 0.5) is 5.13 Å². The SMILES string of the molecule is O=C(NC1CCC1)C1CCC2(CN(c3nncs3)C2)O1. The van der Waals surface area contributed by atoms with E-state index in [1.165, 1.54) is 6.42 Å². The molecular weight excluding hydrogens is 276 g/mol. The minimum Gasteiger partial charge on any atom is -0.358 e. The summed E-state index contributed by atoms with van der Waals surface area (Å²) in [6.07, 6.45) is 5.01. The second kappa shape index (κ2) is 4.66. The lowest BCUT2D eigenvalue weighted by Gasteiger charge is -2.47. The van der Waals surface area contributed by atoms with E-state index in [0.29, 0.717) is 6.04 Å². The fourth-order valence-electron chi connectivity index (χ4n) is 3.17. The van der Waals surface area contributed by atoms with E-state index in [1.807, 2.05) is 0 Å². The molecule has 0 radical (unpaired) electrons. The van der Waals surface area contributed by atoms with Crippen molar-refractivity contribution in [1.82, 2.24) is 15.5 Å². The first-order valence-corrected chi connectivity index (χ1v) is 8.11. The number of nitrogens with one attached hydrogen (secondary N) is 1. The first kappa shape index (κ1) is 12.5. The summed E-state index contributed by atoms with van der Waals surface area (Å²) in [4.78, 5) is 14.3. The molecule has 2 saturated heterocycles. The molecule has 1 unspecified atom stereocenters.